The summed E-state index contributed by atoms with van der Waals surface area (Å²) in [5.41, 5.74) is 3.26. The number of nitrogens with one attached hydrogen (secondary N) is 2. The number of methoxy groups -OCH3 is 2. The van der Waals surface area contributed by atoms with Gasteiger partial charge in [0.25, 0.3) is 0 Å². The summed E-state index contributed by atoms with van der Waals surface area (Å²) >= 11 is 0. The predicted molar refractivity (Wildman–Crippen MR) is 84.2 cm³/mol. The summed E-state index contributed by atoms with van der Waals surface area (Å²) in [5.74, 6) is 1.53. The normalized spacial score (nSPS) is 11.3. The highest BCUT2D eigenvalue weighted by molar-refractivity contribution is 5.59. The van der Waals surface area contributed by atoms with Crippen LogP contribution in [0.15, 0.2) is 24.4 Å². The maximum absolute atomic E-state index is 5.39. The van der Waals surface area contributed by atoms with Crippen molar-refractivity contribution >= 4 is 5.69 Å². The average molecular weight is 289 g/mol. The van der Waals surface area contributed by atoms with E-state index in [4.69, 9.17) is 9.47 Å². The molecule has 0 fully saturated rings. The second kappa shape index (κ2) is 6.08. The minimum absolute atomic E-state index is 0.0392. The molecule has 0 aliphatic carbocycles. The van der Waals surface area contributed by atoms with Gasteiger partial charge in [0.2, 0.25) is 0 Å². The number of benzene rings is 1. The monoisotopic (exact) mass is 289 g/mol. The van der Waals surface area contributed by atoms with E-state index >= 15 is 0 Å². The topological polar surface area (TPSA) is 59.2 Å². The lowest BCUT2D eigenvalue weighted by molar-refractivity contribution is 0.395. The number of hydrogen-bond acceptors (Lipinski definition) is 4. The number of rotatable bonds is 5. The summed E-state index contributed by atoms with van der Waals surface area (Å²) in [6.07, 6.45) is 1.86. The fraction of sp³-hybridized carbons (Fsp3) is 0.438. The van der Waals surface area contributed by atoms with Crippen LogP contribution in [-0.4, -0.2) is 24.4 Å². The van der Waals surface area contributed by atoms with Crippen molar-refractivity contribution in [3.8, 4) is 11.5 Å². The summed E-state index contributed by atoms with van der Waals surface area (Å²) in [4.78, 5) is 0. The molecule has 0 saturated heterocycles. The maximum Gasteiger partial charge on any atom is 0.145 e. The van der Waals surface area contributed by atoms with Gasteiger partial charge in [-0.3, -0.25) is 5.10 Å². The minimum Gasteiger partial charge on any atom is -0.497 e. The molecule has 5 nitrogen and oxygen atoms in total. The zero-order valence-corrected chi connectivity index (χ0v) is 13.3. The van der Waals surface area contributed by atoms with E-state index in [1.54, 1.807) is 14.2 Å². The third-order valence-corrected chi connectivity index (χ3v) is 3.35. The molecule has 21 heavy (non-hydrogen) atoms. The molecule has 2 aromatic rings. The molecule has 0 atom stereocenters. The average Bonchev–Trinajstić information content (AvgIpc) is 2.93. The van der Waals surface area contributed by atoms with Gasteiger partial charge in [0.15, 0.2) is 0 Å². The Hall–Kier alpha value is -2.17. The molecule has 5 heteroatoms. The van der Waals surface area contributed by atoms with Crippen LogP contribution in [0, 0.1) is 0 Å². The van der Waals surface area contributed by atoms with Gasteiger partial charge < -0.3 is 14.8 Å². The summed E-state index contributed by atoms with van der Waals surface area (Å²) in [5, 5.41) is 10.6. The van der Waals surface area contributed by atoms with E-state index in [0.717, 1.165) is 28.4 Å². The van der Waals surface area contributed by atoms with E-state index in [0.29, 0.717) is 6.54 Å². The van der Waals surface area contributed by atoms with Gasteiger partial charge in [0.05, 0.1) is 26.1 Å². The van der Waals surface area contributed by atoms with Crippen LogP contribution in [-0.2, 0) is 12.0 Å². The Balaban J connectivity index is 2.15. The van der Waals surface area contributed by atoms with Crippen molar-refractivity contribution < 1.29 is 9.47 Å². The SMILES string of the molecule is COc1ccc(NCc2cn[nH]c2C(C)(C)C)c(OC)c1. The summed E-state index contributed by atoms with van der Waals surface area (Å²) in [6.45, 7) is 7.18. The summed E-state index contributed by atoms with van der Waals surface area (Å²) in [7, 11) is 3.29. The third-order valence-electron chi connectivity index (χ3n) is 3.35. The number of hydrogen-bond donors (Lipinski definition) is 2. The zero-order valence-electron chi connectivity index (χ0n) is 13.3. The van der Waals surface area contributed by atoms with E-state index < -0.39 is 0 Å². The van der Waals surface area contributed by atoms with Gasteiger partial charge in [-0.25, -0.2) is 0 Å². The van der Waals surface area contributed by atoms with Crippen LogP contribution in [0.4, 0.5) is 5.69 Å². The quantitative estimate of drug-likeness (QED) is 0.886. The molecule has 0 aliphatic rings. The number of nitrogens with zero attached hydrogens (tertiary/aromatic N) is 1. The molecule has 2 rings (SSSR count). The Morgan fingerprint density at radius 2 is 1.95 bits per heavy atom. The third kappa shape index (κ3) is 3.48. The zero-order chi connectivity index (χ0) is 15.5. The molecule has 0 saturated carbocycles. The lowest BCUT2D eigenvalue weighted by atomic mass is 9.89. The van der Waals surface area contributed by atoms with Crippen LogP contribution in [0.1, 0.15) is 32.0 Å². The van der Waals surface area contributed by atoms with Gasteiger partial charge in [-0.05, 0) is 12.1 Å². The van der Waals surface area contributed by atoms with Crippen LogP contribution < -0.4 is 14.8 Å². The second-order valence-corrected chi connectivity index (χ2v) is 5.94. The van der Waals surface area contributed by atoms with Crippen molar-refractivity contribution in [2.24, 2.45) is 0 Å². The Labute approximate surface area is 125 Å². The Morgan fingerprint density at radius 3 is 2.57 bits per heavy atom. The van der Waals surface area contributed by atoms with Crippen molar-refractivity contribution in [3.05, 3.63) is 35.7 Å². The Bertz CT molecular complexity index is 600. The van der Waals surface area contributed by atoms with Crippen molar-refractivity contribution in [1.82, 2.24) is 10.2 Å². The number of ether oxygens (including phenoxy) is 2. The lowest BCUT2D eigenvalue weighted by Crippen LogP contribution is -2.15. The van der Waals surface area contributed by atoms with Gasteiger partial charge in [0.1, 0.15) is 11.5 Å². The highest BCUT2D eigenvalue weighted by Gasteiger charge is 2.20. The van der Waals surface area contributed by atoms with Gasteiger partial charge in [-0.15, -0.1) is 0 Å². The predicted octanol–water partition coefficient (Wildman–Crippen LogP) is 3.34. The Morgan fingerprint density at radius 1 is 1.19 bits per heavy atom. The smallest absolute Gasteiger partial charge is 0.145 e. The fourth-order valence-corrected chi connectivity index (χ4v) is 2.23. The molecule has 1 aromatic carbocycles. The molecule has 2 N–H and O–H groups in total. The van der Waals surface area contributed by atoms with E-state index in [1.165, 1.54) is 0 Å². The van der Waals surface area contributed by atoms with Gasteiger partial charge in [0, 0.05) is 29.3 Å². The standard InChI is InChI=1S/C16H23N3O2/c1-16(2,3)15-11(10-18-19-15)9-17-13-7-6-12(20-4)8-14(13)21-5/h6-8,10,17H,9H2,1-5H3,(H,18,19). The molecule has 0 bridgehead atoms. The van der Waals surface area contributed by atoms with Crippen LogP contribution in [0.3, 0.4) is 0 Å². The molecular weight excluding hydrogens is 266 g/mol. The van der Waals surface area contributed by atoms with Crippen molar-refractivity contribution in [2.75, 3.05) is 19.5 Å². The number of aromatic amines is 1. The van der Waals surface area contributed by atoms with Crippen molar-refractivity contribution in [2.45, 2.75) is 32.7 Å². The van der Waals surface area contributed by atoms with Gasteiger partial charge in [-0.1, -0.05) is 20.8 Å². The highest BCUT2D eigenvalue weighted by Crippen LogP contribution is 2.30. The molecule has 114 valence electrons. The minimum atomic E-state index is 0.0392. The molecule has 0 unspecified atom stereocenters. The molecule has 0 radical (unpaired) electrons. The maximum atomic E-state index is 5.39. The number of anilines is 1. The van der Waals surface area contributed by atoms with Gasteiger partial charge >= 0.3 is 0 Å². The lowest BCUT2D eigenvalue weighted by Gasteiger charge is -2.19. The molecule has 0 amide bonds. The van der Waals surface area contributed by atoms with Crippen LogP contribution in [0.5, 0.6) is 11.5 Å². The van der Waals surface area contributed by atoms with E-state index in [9.17, 15) is 0 Å². The van der Waals surface area contributed by atoms with Crippen molar-refractivity contribution in [3.63, 3.8) is 0 Å². The van der Waals surface area contributed by atoms with E-state index in [1.807, 2.05) is 24.4 Å². The second-order valence-electron chi connectivity index (χ2n) is 5.94. The molecule has 0 spiro atoms. The van der Waals surface area contributed by atoms with Crippen LogP contribution in [0.25, 0.3) is 0 Å². The first-order valence-electron chi connectivity index (χ1n) is 6.94. The van der Waals surface area contributed by atoms with E-state index in [2.05, 4.69) is 36.3 Å². The molecule has 0 aliphatic heterocycles. The first-order valence-corrected chi connectivity index (χ1v) is 6.94. The fourth-order valence-electron chi connectivity index (χ4n) is 2.23. The number of H-pyrrole nitrogens is 1. The Kier molecular flexibility index (Phi) is 4.40. The van der Waals surface area contributed by atoms with Crippen LogP contribution in [0.2, 0.25) is 0 Å². The largest absolute Gasteiger partial charge is 0.497 e. The molecule has 1 aromatic heterocycles. The van der Waals surface area contributed by atoms with Crippen molar-refractivity contribution in [1.29, 1.82) is 0 Å². The summed E-state index contributed by atoms with van der Waals surface area (Å²) < 4.78 is 10.6. The first kappa shape index (κ1) is 15.2. The summed E-state index contributed by atoms with van der Waals surface area (Å²) in [6, 6.07) is 5.72. The van der Waals surface area contributed by atoms with Crippen LogP contribution >= 0.6 is 0 Å². The molecule has 1 heterocycles. The molecular formula is C16H23N3O2. The first-order chi connectivity index (χ1) is 9.95. The highest BCUT2D eigenvalue weighted by atomic mass is 16.5. The van der Waals surface area contributed by atoms with E-state index in [-0.39, 0.29) is 5.41 Å². The van der Waals surface area contributed by atoms with Gasteiger partial charge in [-0.2, -0.15) is 5.10 Å². The number of aromatic nitrogens is 2.